The molecule has 2 amide bonds. The number of likely N-dealkylation sites (N-methyl/N-ethyl adjacent to an activating group) is 1. The lowest BCUT2D eigenvalue weighted by atomic mass is 9.95. The summed E-state index contributed by atoms with van der Waals surface area (Å²) in [6, 6.07) is 9.95. The van der Waals surface area contributed by atoms with Gasteiger partial charge in [-0.2, -0.15) is 0 Å². The van der Waals surface area contributed by atoms with Crippen LogP contribution in [0.2, 0.25) is 0 Å². The van der Waals surface area contributed by atoms with Crippen LogP contribution in [-0.4, -0.2) is 54.3 Å². The van der Waals surface area contributed by atoms with E-state index >= 15 is 0 Å². The van der Waals surface area contributed by atoms with E-state index in [9.17, 15) is 9.59 Å². The first kappa shape index (κ1) is 20.2. The molecule has 0 unspecified atom stereocenters. The Morgan fingerprint density at radius 3 is 2.46 bits per heavy atom. The second-order valence-electron chi connectivity index (χ2n) is 7.12. The first-order chi connectivity index (χ1) is 12.5. The van der Waals surface area contributed by atoms with Crippen LogP contribution in [0.1, 0.15) is 32.3 Å². The number of benzene rings is 1. The van der Waals surface area contributed by atoms with Gasteiger partial charge in [-0.25, -0.2) is 0 Å². The predicted octanol–water partition coefficient (Wildman–Crippen LogP) is 2.44. The van der Waals surface area contributed by atoms with E-state index in [4.69, 9.17) is 0 Å². The molecule has 2 rings (SSSR count). The summed E-state index contributed by atoms with van der Waals surface area (Å²) >= 11 is 0. The third-order valence-corrected chi connectivity index (χ3v) is 4.82. The van der Waals surface area contributed by atoms with Crippen LogP contribution in [0.25, 0.3) is 0 Å². The maximum atomic E-state index is 12.4. The lowest BCUT2D eigenvalue weighted by Gasteiger charge is -2.32. The van der Waals surface area contributed by atoms with Crippen LogP contribution in [0.3, 0.4) is 0 Å². The lowest BCUT2D eigenvalue weighted by molar-refractivity contribution is -0.132. The smallest absolute Gasteiger partial charge is 0.237 e. The summed E-state index contributed by atoms with van der Waals surface area (Å²) in [5.74, 6) is 0.308. The number of likely N-dealkylation sites (tertiary alicyclic amines) is 1. The van der Waals surface area contributed by atoms with Gasteiger partial charge < -0.3 is 10.2 Å². The van der Waals surface area contributed by atoms with Crippen molar-refractivity contribution in [3.05, 3.63) is 48.0 Å². The summed E-state index contributed by atoms with van der Waals surface area (Å²) in [6.07, 6.45) is 1.61. The normalized spacial score (nSPS) is 15.5. The molecule has 0 radical (unpaired) electrons. The molecule has 1 aliphatic rings. The van der Waals surface area contributed by atoms with Gasteiger partial charge in [0, 0.05) is 25.6 Å². The molecule has 1 aliphatic heterocycles. The molecule has 0 saturated carbocycles. The molecule has 1 N–H and O–H groups in total. The van der Waals surface area contributed by atoms with Crippen molar-refractivity contribution in [3.8, 4) is 0 Å². The van der Waals surface area contributed by atoms with Crippen molar-refractivity contribution in [2.45, 2.75) is 33.2 Å². The number of hydrogen-bond acceptors (Lipinski definition) is 3. The molecule has 142 valence electrons. The summed E-state index contributed by atoms with van der Waals surface area (Å²) < 4.78 is 0. The van der Waals surface area contributed by atoms with Gasteiger partial charge in [0.05, 0.1) is 6.54 Å². The van der Waals surface area contributed by atoms with E-state index < -0.39 is 0 Å². The van der Waals surface area contributed by atoms with Crippen LogP contribution < -0.4 is 5.32 Å². The van der Waals surface area contributed by atoms with Gasteiger partial charge in [-0.15, -0.1) is 0 Å². The number of nitrogens with zero attached hydrogens (tertiary/aromatic N) is 2. The minimum atomic E-state index is 0.0442. The van der Waals surface area contributed by atoms with E-state index in [2.05, 4.69) is 16.8 Å². The molecular formula is C21H31N3O2. The first-order valence-electron chi connectivity index (χ1n) is 9.45. The van der Waals surface area contributed by atoms with E-state index in [1.54, 1.807) is 0 Å². The quantitative estimate of drug-likeness (QED) is 0.727. The SMILES string of the molecule is C=C(C)CN(CC)C(=O)CN1CCC(C(=O)NCc2ccccc2)CC1. The van der Waals surface area contributed by atoms with Crippen LogP contribution >= 0.6 is 0 Å². The Labute approximate surface area is 157 Å². The number of rotatable bonds is 8. The molecule has 0 spiro atoms. The summed E-state index contributed by atoms with van der Waals surface area (Å²) in [6.45, 7) is 11.7. The monoisotopic (exact) mass is 357 g/mol. The van der Waals surface area contributed by atoms with Crippen molar-refractivity contribution in [1.82, 2.24) is 15.1 Å². The zero-order valence-electron chi connectivity index (χ0n) is 16.0. The maximum absolute atomic E-state index is 12.4. The molecule has 1 saturated heterocycles. The molecule has 1 heterocycles. The first-order valence-corrected chi connectivity index (χ1v) is 9.45. The minimum absolute atomic E-state index is 0.0442. The average molecular weight is 357 g/mol. The van der Waals surface area contributed by atoms with Crippen molar-refractivity contribution >= 4 is 11.8 Å². The molecule has 5 nitrogen and oxygen atoms in total. The highest BCUT2D eigenvalue weighted by Crippen LogP contribution is 2.17. The van der Waals surface area contributed by atoms with Crippen LogP contribution in [0, 0.1) is 5.92 Å². The molecule has 0 aliphatic carbocycles. The molecule has 0 aromatic heterocycles. The number of nitrogens with one attached hydrogen (secondary N) is 1. The molecular weight excluding hydrogens is 326 g/mol. The summed E-state index contributed by atoms with van der Waals surface area (Å²) in [5.41, 5.74) is 2.11. The summed E-state index contributed by atoms with van der Waals surface area (Å²) in [5, 5.41) is 3.03. The Bertz CT molecular complexity index is 607. The van der Waals surface area contributed by atoms with Crippen LogP contribution in [-0.2, 0) is 16.1 Å². The third kappa shape index (κ3) is 6.30. The predicted molar refractivity (Wildman–Crippen MR) is 105 cm³/mol. The van der Waals surface area contributed by atoms with Crippen molar-refractivity contribution in [2.24, 2.45) is 5.92 Å². The Morgan fingerprint density at radius 1 is 1.23 bits per heavy atom. The van der Waals surface area contributed by atoms with Gasteiger partial charge in [0.1, 0.15) is 0 Å². The highest BCUT2D eigenvalue weighted by atomic mass is 16.2. The second kappa shape index (κ2) is 10.1. The minimum Gasteiger partial charge on any atom is -0.352 e. The fraction of sp³-hybridized carbons (Fsp3) is 0.524. The van der Waals surface area contributed by atoms with Gasteiger partial charge in [-0.1, -0.05) is 42.5 Å². The van der Waals surface area contributed by atoms with Crippen molar-refractivity contribution < 1.29 is 9.59 Å². The Hall–Kier alpha value is -2.14. The summed E-state index contributed by atoms with van der Waals surface area (Å²) in [7, 11) is 0. The lowest BCUT2D eigenvalue weighted by Crippen LogP contribution is -2.45. The fourth-order valence-corrected chi connectivity index (χ4v) is 3.28. The standard InChI is InChI=1S/C21H31N3O2/c1-4-24(15-17(2)3)20(25)16-23-12-10-19(11-13-23)21(26)22-14-18-8-6-5-7-9-18/h5-9,19H,2,4,10-16H2,1,3H3,(H,22,26). The van der Waals surface area contributed by atoms with Gasteiger partial charge in [-0.05, 0) is 45.3 Å². The van der Waals surface area contributed by atoms with Gasteiger partial charge in [0.25, 0.3) is 0 Å². The number of amides is 2. The maximum Gasteiger partial charge on any atom is 0.237 e. The third-order valence-electron chi connectivity index (χ3n) is 4.82. The molecule has 5 heteroatoms. The Morgan fingerprint density at radius 2 is 1.88 bits per heavy atom. The van der Waals surface area contributed by atoms with Gasteiger partial charge in [-0.3, -0.25) is 14.5 Å². The molecule has 1 aromatic rings. The largest absolute Gasteiger partial charge is 0.352 e. The van der Waals surface area contributed by atoms with Crippen LogP contribution in [0.15, 0.2) is 42.5 Å². The zero-order chi connectivity index (χ0) is 18.9. The van der Waals surface area contributed by atoms with Crippen molar-refractivity contribution in [3.63, 3.8) is 0 Å². The van der Waals surface area contributed by atoms with Crippen molar-refractivity contribution in [2.75, 3.05) is 32.7 Å². The number of piperidine rings is 1. The van der Waals surface area contributed by atoms with Gasteiger partial charge >= 0.3 is 0 Å². The number of carbonyl (C=O) groups excluding carboxylic acids is 2. The zero-order valence-corrected chi connectivity index (χ0v) is 16.0. The van der Waals surface area contributed by atoms with E-state index in [1.165, 1.54) is 0 Å². The van der Waals surface area contributed by atoms with Crippen molar-refractivity contribution in [1.29, 1.82) is 0 Å². The molecule has 1 fully saturated rings. The Kier molecular flexibility index (Phi) is 7.85. The van der Waals surface area contributed by atoms with E-state index in [0.717, 1.165) is 37.1 Å². The molecule has 26 heavy (non-hydrogen) atoms. The molecule has 0 atom stereocenters. The second-order valence-corrected chi connectivity index (χ2v) is 7.12. The topological polar surface area (TPSA) is 52.7 Å². The van der Waals surface area contributed by atoms with Crippen LogP contribution in [0.4, 0.5) is 0 Å². The van der Waals surface area contributed by atoms with E-state index in [1.807, 2.05) is 49.1 Å². The highest BCUT2D eigenvalue weighted by molar-refractivity contribution is 5.79. The van der Waals surface area contributed by atoms with Crippen LogP contribution in [0.5, 0.6) is 0 Å². The summed E-state index contributed by atoms with van der Waals surface area (Å²) in [4.78, 5) is 28.8. The average Bonchev–Trinajstić information content (AvgIpc) is 2.65. The van der Waals surface area contributed by atoms with Gasteiger partial charge in [0.15, 0.2) is 0 Å². The Balaban J connectivity index is 1.73. The van der Waals surface area contributed by atoms with E-state index in [-0.39, 0.29) is 17.7 Å². The number of carbonyl (C=O) groups is 2. The van der Waals surface area contributed by atoms with Gasteiger partial charge in [0.2, 0.25) is 11.8 Å². The fourth-order valence-electron chi connectivity index (χ4n) is 3.28. The number of hydrogen-bond donors (Lipinski definition) is 1. The highest BCUT2D eigenvalue weighted by Gasteiger charge is 2.26. The molecule has 0 bridgehead atoms. The molecule has 1 aromatic carbocycles. The van der Waals surface area contributed by atoms with E-state index in [0.29, 0.717) is 26.2 Å².